The zero-order chi connectivity index (χ0) is 22.7. The van der Waals surface area contributed by atoms with Crippen molar-refractivity contribution in [3.05, 3.63) is 84.0 Å². The summed E-state index contributed by atoms with van der Waals surface area (Å²) in [5.74, 6) is -0.968. The first-order valence-corrected chi connectivity index (χ1v) is 10.8. The molecule has 6 heteroatoms. The second kappa shape index (κ2) is 9.14. The van der Waals surface area contributed by atoms with Crippen LogP contribution in [0.1, 0.15) is 30.9 Å². The fourth-order valence-electron chi connectivity index (χ4n) is 4.31. The molecule has 0 unspecified atom stereocenters. The number of hydrogen-bond donors (Lipinski definition) is 0. The van der Waals surface area contributed by atoms with Gasteiger partial charge in [-0.2, -0.15) is 0 Å². The van der Waals surface area contributed by atoms with E-state index in [1.807, 2.05) is 36.4 Å². The third-order valence-corrected chi connectivity index (χ3v) is 5.70. The van der Waals surface area contributed by atoms with E-state index in [9.17, 15) is 19.2 Å². The summed E-state index contributed by atoms with van der Waals surface area (Å²) in [6.07, 6.45) is 8.74. The molecular weight excluding hydrogens is 404 g/mol. The van der Waals surface area contributed by atoms with Crippen LogP contribution >= 0.6 is 0 Å². The van der Waals surface area contributed by atoms with Crippen molar-refractivity contribution in [1.29, 1.82) is 0 Å². The lowest BCUT2D eigenvalue weighted by Crippen LogP contribution is -2.29. The summed E-state index contributed by atoms with van der Waals surface area (Å²) in [5, 5.41) is 0. The average Bonchev–Trinajstić information content (AvgIpc) is 3.28. The monoisotopic (exact) mass is 428 g/mol. The van der Waals surface area contributed by atoms with E-state index in [2.05, 4.69) is 6.92 Å². The van der Waals surface area contributed by atoms with Crippen molar-refractivity contribution < 1.29 is 19.2 Å². The van der Waals surface area contributed by atoms with Crippen LogP contribution in [0.5, 0.6) is 0 Å². The SMILES string of the molecule is CCCC(Cc1cccc(N2C(=O)C=CC2=O)c1)Cc1cccc(N2C(=O)C=CC2=O)c1. The van der Waals surface area contributed by atoms with Crippen LogP contribution in [-0.4, -0.2) is 23.6 Å². The summed E-state index contributed by atoms with van der Waals surface area (Å²) in [6, 6.07) is 15.1. The van der Waals surface area contributed by atoms with E-state index in [1.54, 1.807) is 12.1 Å². The lowest BCUT2D eigenvalue weighted by atomic mass is 9.89. The summed E-state index contributed by atoms with van der Waals surface area (Å²) in [6.45, 7) is 2.14. The molecule has 0 aromatic heterocycles. The first-order valence-electron chi connectivity index (χ1n) is 10.8. The highest BCUT2D eigenvalue weighted by atomic mass is 16.2. The minimum Gasteiger partial charge on any atom is -0.269 e. The molecule has 4 rings (SSSR count). The number of rotatable bonds is 8. The molecule has 162 valence electrons. The summed E-state index contributed by atoms with van der Waals surface area (Å²) in [4.78, 5) is 50.4. The maximum atomic E-state index is 12.0. The number of benzene rings is 2. The predicted molar refractivity (Wildman–Crippen MR) is 122 cm³/mol. The fourth-order valence-corrected chi connectivity index (χ4v) is 4.31. The van der Waals surface area contributed by atoms with Crippen molar-refractivity contribution in [2.24, 2.45) is 5.92 Å². The van der Waals surface area contributed by atoms with Gasteiger partial charge < -0.3 is 0 Å². The summed E-state index contributed by atoms with van der Waals surface area (Å²) >= 11 is 0. The van der Waals surface area contributed by atoms with Gasteiger partial charge in [-0.15, -0.1) is 0 Å². The highest BCUT2D eigenvalue weighted by Gasteiger charge is 2.26. The number of anilines is 2. The van der Waals surface area contributed by atoms with Gasteiger partial charge >= 0.3 is 0 Å². The van der Waals surface area contributed by atoms with Crippen LogP contribution in [0.4, 0.5) is 11.4 Å². The average molecular weight is 428 g/mol. The van der Waals surface area contributed by atoms with E-state index in [4.69, 9.17) is 0 Å². The molecule has 0 fully saturated rings. The summed E-state index contributed by atoms with van der Waals surface area (Å²) < 4.78 is 0. The standard InChI is InChI=1S/C26H24N2O4/c1-2-5-18(14-19-6-3-8-21(16-19)27-23(29)10-11-24(27)30)15-20-7-4-9-22(17-20)28-25(31)12-13-26(28)32/h3-4,6-13,16-18H,2,5,14-15H2,1H3. The third-order valence-electron chi connectivity index (χ3n) is 5.70. The molecule has 0 N–H and O–H groups in total. The largest absolute Gasteiger partial charge is 0.269 e. The van der Waals surface area contributed by atoms with Crippen LogP contribution < -0.4 is 9.80 Å². The Labute approximate surface area is 186 Å². The third kappa shape index (κ3) is 4.44. The quantitative estimate of drug-likeness (QED) is 0.600. The summed E-state index contributed by atoms with van der Waals surface area (Å²) in [7, 11) is 0. The number of carbonyl (C=O) groups is 4. The van der Waals surface area contributed by atoms with Crippen LogP contribution in [-0.2, 0) is 32.0 Å². The Hall–Kier alpha value is -3.80. The molecule has 2 aliphatic heterocycles. The zero-order valence-electron chi connectivity index (χ0n) is 17.9. The van der Waals surface area contributed by atoms with E-state index >= 15 is 0 Å². The fraction of sp³-hybridized carbons (Fsp3) is 0.231. The molecule has 0 saturated heterocycles. The normalized spacial score (nSPS) is 15.7. The molecule has 0 saturated carbocycles. The number of amides is 4. The Kier molecular flexibility index (Phi) is 6.12. The zero-order valence-corrected chi connectivity index (χ0v) is 17.9. The van der Waals surface area contributed by atoms with E-state index < -0.39 is 0 Å². The molecule has 2 heterocycles. The molecule has 4 amide bonds. The molecule has 6 nitrogen and oxygen atoms in total. The molecule has 0 aliphatic carbocycles. The minimum atomic E-state index is -0.324. The van der Waals surface area contributed by atoms with Crippen LogP contribution in [0.3, 0.4) is 0 Å². The number of hydrogen-bond acceptors (Lipinski definition) is 4. The van der Waals surface area contributed by atoms with E-state index in [0.29, 0.717) is 17.3 Å². The van der Waals surface area contributed by atoms with Gasteiger partial charge in [0.25, 0.3) is 23.6 Å². The number of imide groups is 2. The van der Waals surface area contributed by atoms with Crippen molar-refractivity contribution in [1.82, 2.24) is 0 Å². The molecule has 32 heavy (non-hydrogen) atoms. The van der Waals surface area contributed by atoms with Gasteiger partial charge in [0.05, 0.1) is 11.4 Å². The molecule has 2 aliphatic rings. The Morgan fingerprint density at radius 3 is 1.44 bits per heavy atom. The van der Waals surface area contributed by atoms with Crippen molar-refractivity contribution in [3.8, 4) is 0 Å². The maximum Gasteiger partial charge on any atom is 0.258 e. The highest BCUT2D eigenvalue weighted by Crippen LogP contribution is 2.26. The van der Waals surface area contributed by atoms with Crippen LogP contribution in [0.15, 0.2) is 72.8 Å². The Bertz CT molecular complexity index is 1020. The van der Waals surface area contributed by atoms with Crippen molar-refractivity contribution in [3.63, 3.8) is 0 Å². The van der Waals surface area contributed by atoms with Gasteiger partial charge in [0.2, 0.25) is 0 Å². The second-order valence-electron chi connectivity index (χ2n) is 8.09. The van der Waals surface area contributed by atoms with Crippen molar-refractivity contribution >= 4 is 35.0 Å². The lowest BCUT2D eigenvalue weighted by molar-refractivity contribution is -0.121. The van der Waals surface area contributed by atoms with E-state index in [-0.39, 0.29) is 23.6 Å². The number of nitrogens with zero attached hydrogens (tertiary/aromatic N) is 2. The molecule has 0 atom stereocenters. The highest BCUT2D eigenvalue weighted by molar-refractivity contribution is 6.28. The van der Waals surface area contributed by atoms with Crippen LogP contribution in [0.25, 0.3) is 0 Å². The lowest BCUT2D eigenvalue weighted by Gasteiger charge is -2.20. The Morgan fingerprint density at radius 2 is 1.06 bits per heavy atom. The van der Waals surface area contributed by atoms with Crippen molar-refractivity contribution in [2.45, 2.75) is 32.6 Å². The van der Waals surface area contributed by atoms with Gasteiger partial charge in [0, 0.05) is 24.3 Å². The predicted octanol–water partition coefficient (Wildman–Crippen LogP) is 3.75. The van der Waals surface area contributed by atoms with Gasteiger partial charge in [-0.05, 0) is 54.2 Å². The van der Waals surface area contributed by atoms with Crippen molar-refractivity contribution in [2.75, 3.05) is 9.80 Å². The molecule has 0 radical (unpaired) electrons. The Morgan fingerprint density at radius 1 is 0.656 bits per heavy atom. The molecular formula is C26H24N2O4. The van der Waals surface area contributed by atoms with Gasteiger partial charge in [-0.1, -0.05) is 44.0 Å². The van der Waals surface area contributed by atoms with Crippen LogP contribution in [0.2, 0.25) is 0 Å². The second-order valence-corrected chi connectivity index (χ2v) is 8.09. The van der Waals surface area contributed by atoms with E-state index in [1.165, 1.54) is 34.1 Å². The van der Waals surface area contributed by atoms with Gasteiger partial charge in [-0.3, -0.25) is 19.2 Å². The van der Waals surface area contributed by atoms with Gasteiger partial charge in [0.1, 0.15) is 0 Å². The van der Waals surface area contributed by atoms with E-state index in [0.717, 1.165) is 36.8 Å². The Balaban J connectivity index is 1.51. The molecule has 0 bridgehead atoms. The minimum absolute atomic E-state index is 0.324. The van der Waals surface area contributed by atoms with Crippen LogP contribution in [0, 0.1) is 5.92 Å². The molecule has 2 aromatic rings. The topological polar surface area (TPSA) is 74.8 Å². The summed E-state index contributed by atoms with van der Waals surface area (Å²) in [5.41, 5.74) is 3.27. The molecule has 2 aromatic carbocycles. The molecule has 0 spiro atoms. The first-order chi connectivity index (χ1) is 15.5. The van der Waals surface area contributed by atoms with Gasteiger partial charge in [-0.25, -0.2) is 9.80 Å². The first kappa shape index (κ1) is 21.4. The maximum absolute atomic E-state index is 12.0. The smallest absolute Gasteiger partial charge is 0.258 e. The van der Waals surface area contributed by atoms with Gasteiger partial charge in [0.15, 0.2) is 0 Å². The number of carbonyl (C=O) groups excluding carboxylic acids is 4.